The number of anilines is 1. The molecule has 4 heteroatoms. The van der Waals surface area contributed by atoms with E-state index >= 15 is 0 Å². The summed E-state index contributed by atoms with van der Waals surface area (Å²) in [6.45, 7) is 11.0. The Balaban J connectivity index is 0.00000162. The van der Waals surface area contributed by atoms with Crippen LogP contribution in [0.15, 0.2) is 66.8 Å². The zero-order valence-corrected chi connectivity index (χ0v) is 26.2. The van der Waals surface area contributed by atoms with Crippen LogP contribution in [-0.2, 0) is 21.7 Å². The van der Waals surface area contributed by atoms with Gasteiger partial charge in [-0.05, 0) is 46.7 Å². The van der Waals surface area contributed by atoms with Gasteiger partial charge in [-0.25, -0.2) is 0 Å². The van der Waals surface area contributed by atoms with Crippen LogP contribution in [0, 0.1) is 41.0 Å². The minimum Gasteiger partial charge on any atom is -0.804 e. The Morgan fingerprint density at radius 3 is 2.00 bits per heavy atom. The standard InChI is InChI=1S/C29H36N2P.3CH3.Ti/c1-18(2)32(30,19(3)4)26-14-10-9-13-23(26)27-21-11-7-8-12-22(21)29-28(27)24-17-20(5)15-16-25(24)31(29)6;;;;/h7-19,21-22,27-29H,1-6H3;3*1H3;/q4*-1;+4. The minimum atomic E-state index is -2.30. The Kier molecular flexibility index (Phi) is 10.9. The van der Waals surface area contributed by atoms with Gasteiger partial charge in [0.25, 0.3) is 0 Å². The van der Waals surface area contributed by atoms with Crippen molar-refractivity contribution in [2.75, 3.05) is 11.9 Å². The molecule has 2 nitrogen and oxygen atoms in total. The summed E-state index contributed by atoms with van der Waals surface area (Å²) in [6.07, 6.45) is 9.35. The van der Waals surface area contributed by atoms with Crippen LogP contribution in [0.3, 0.4) is 0 Å². The number of aryl methyl sites for hydroxylation is 1. The fourth-order valence-electron chi connectivity index (χ4n) is 6.98. The molecule has 2 aliphatic carbocycles. The van der Waals surface area contributed by atoms with Crippen LogP contribution in [0.2, 0.25) is 0 Å². The van der Waals surface area contributed by atoms with E-state index < -0.39 is 7.05 Å². The van der Waals surface area contributed by atoms with Gasteiger partial charge in [0, 0.05) is 36.5 Å². The number of likely N-dealkylation sites (N-methyl/N-ethyl adjacent to an activating group) is 1. The molecule has 0 N–H and O–H groups in total. The van der Waals surface area contributed by atoms with E-state index in [1.54, 1.807) is 0 Å². The van der Waals surface area contributed by atoms with Crippen molar-refractivity contribution < 1.29 is 21.7 Å². The van der Waals surface area contributed by atoms with Gasteiger partial charge in [-0.15, -0.1) is 0 Å². The number of nitrogens with zero attached hydrogens (tertiary/aromatic N) is 2. The monoisotopic (exact) mass is 536 g/mol. The van der Waals surface area contributed by atoms with Crippen LogP contribution >= 0.6 is 7.05 Å². The Hall–Kier alpha value is -1.34. The molecule has 0 bridgehead atoms. The fourth-order valence-corrected chi connectivity index (χ4v) is 10.2. The molecule has 192 valence electrons. The molecule has 2 aromatic rings. The molecule has 1 fully saturated rings. The third-order valence-corrected chi connectivity index (χ3v) is 12.7. The summed E-state index contributed by atoms with van der Waals surface area (Å²) < 4.78 is 0. The maximum atomic E-state index is 12.2. The van der Waals surface area contributed by atoms with Gasteiger partial charge < -0.3 is 32.3 Å². The molecule has 1 saturated carbocycles. The van der Waals surface area contributed by atoms with E-state index in [1.165, 1.54) is 27.7 Å². The van der Waals surface area contributed by atoms with Crippen LogP contribution in [0.1, 0.15) is 56.2 Å². The van der Waals surface area contributed by atoms with Crippen molar-refractivity contribution >= 4 is 18.0 Å². The molecule has 5 rings (SSSR count). The molecule has 0 spiro atoms. The van der Waals surface area contributed by atoms with Crippen LogP contribution in [0.25, 0.3) is 5.16 Å². The zero-order valence-electron chi connectivity index (χ0n) is 23.7. The van der Waals surface area contributed by atoms with Gasteiger partial charge in [-0.2, -0.15) is 7.05 Å². The van der Waals surface area contributed by atoms with E-state index in [0.717, 1.165) is 0 Å². The summed E-state index contributed by atoms with van der Waals surface area (Å²) in [5.41, 5.74) is 6.09. The van der Waals surface area contributed by atoms with Crippen molar-refractivity contribution in [3.05, 3.63) is 111 Å². The summed E-state index contributed by atoms with van der Waals surface area (Å²) in [4.78, 5) is 2.54. The molecular weight excluding hydrogens is 491 g/mol. The number of fused-ring (bicyclic) bond motifs is 5. The first-order chi connectivity index (χ1) is 15.3. The summed E-state index contributed by atoms with van der Waals surface area (Å²) in [6, 6.07) is 16.3. The molecule has 0 radical (unpaired) electrons. The van der Waals surface area contributed by atoms with Gasteiger partial charge in [0.05, 0.1) is 0 Å². The number of hydrogen-bond donors (Lipinski definition) is 0. The van der Waals surface area contributed by atoms with E-state index in [4.69, 9.17) is 0 Å². The first kappa shape index (κ1) is 32.7. The molecule has 1 aliphatic heterocycles. The van der Waals surface area contributed by atoms with Crippen LogP contribution in [0.4, 0.5) is 5.69 Å². The minimum absolute atomic E-state index is 0. The Bertz CT molecular complexity index is 1140. The fraction of sp³-hybridized carbons (Fsp3) is 0.406. The smallest absolute Gasteiger partial charge is 0.804 e. The Labute approximate surface area is 237 Å². The van der Waals surface area contributed by atoms with Crippen LogP contribution < -0.4 is 10.2 Å². The Morgan fingerprint density at radius 1 is 0.806 bits per heavy atom. The van der Waals surface area contributed by atoms with Gasteiger partial charge in [-0.1, -0.05) is 94.0 Å². The molecule has 36 heavy (non-hydrogen) atoms. The zero-order chi connectivity index (χ0) is 22.8. The van der Waals surface area contributed by atoms with Gasteiger partial charge in [-0.3, -0.25) is 0 Å². The quantitative estimate of drug-likeness (QED) is 0.218. The van der Waals surface area contributed by atoms with Crippen LogP contribution in [-0.4, -0.2) is 24.4 Å². The number of hydrogen-bond acceptors (Lipinski definition) is 1. The van der Waals surface area contributed by atoms with Gasteiger partial charge in [0.15, 0.2) is 0 Å². The van der Waals surface area contributed by atoms with E-state index in [-0.39, 0.29) is 55.3 Å². The molecule has 0 amide bonds. The van der Waals surface area contributed by atoms with Crippen molar-refractivity contribution in [2.45, 2.75) is 63.8 Å². The van der Waals surface area contributed by atoms with Crippen molar-refractivity contribution in [3.8, 4) is 0 Å². The van der Waals surface area contributed by atoms with Crippen molar-refractivity contribution in [2.24, 2.45) is 11.8 Å². The molecule has 0 saturated heterocycles. The number of benzene rings is 2. The average molecular weight is 537 g/mol. The summed E-state index contributed by atoms with van der Waals surface area (Å²) >= 11 is 0. The predicted molar refractivity (Wildman–Crippen MR) is 160 cm³/mol. The largest absolute Gasteiger partial charge is 4.00 e. The van der Waals surface area contributed by atoms with Crippen molar-refractivity contribution in [1.82, 2.24) is 0 Å². The first-order valence-corrected chi connectivity index (χ1v) is 14.0. The first-order valence-electron chi connectivity index (χ1n) is 12.2. The summed E-state index contributed by atoms with van der Waals surface area (Å²) in [5, 5.41) is 13.4. The van der Waals surface area contributed by atoms with Gasteiger partial charge >= 0.3 is 21.7 Å². The molecule has 5 unspecified atom stereocenters. The van der Waals surface area contributed by atoms with Gasteiger partial charge in [0.1, 0.15) is 0 Å². The molecule has 0 aromatic heterocycles. The average Bonchev–Trinajstić information content (AvgIpc) is 3.26. The van der Waals surface area contributed by atoms with Gasteiger partial charge in [0.2, 0.25) is 0 Å². The van der Waals surface area contributed by atoms with Crippen molar-refractivity contribution in [1.29, 1.82) is 0 Å². The summed E-state index contributed by atoms with van der Waals surface area (Å²) in [7, 11) is -0.0245. The van der Waals surface area contributed by atoms with E-state index in [9.17, 15) is 5.16 Å². The maximum Gasteiger partial charge on any atom is 4.00 e. The second kappa shape index (κ2) is 12.0. The van der Waals surface area contributed by atoms with E-state index in [1.807, 2.05) is 0 Å². The maximum absolute atomic E-state index is 12.2. The van der Waals surface area contributed by atoms with Crippen molar-refractivity contribution in [3.63, 3.8) is 0 Å². The molecule has 1 heterocycles. The van der Waals surface area contributed by atoms with Crippen LogP contribution in [0.5, 0.6) is 0 Å². The second-order valence-corrected chi connectivity index (χ2v) is 14.6. The predicted octanol–water partition coefficient (Wildman–Crippen LogP) is 8.61. The topological polar surface area (TPSA) is 25.5 Å². The molecule has 3 aliphatic rings. The Morgan fingerprint density at radius 2 is 1.39 bits per heavy atom. The third-order valence-electron chi connectivity index (χ3n) is 8.41. The summed E-state index contributed by atoms with van der Waals surface area (Å²) in [5.74, 6) is 1.76. The van der Waals surface area contributed by atoms with E-state index in [2.05, 4.69) is 113 Å². The SMILES string of the molecule is Cc1ccc2c(c1)C1C(c3ccccc3P(=[N-])(C(C)C)C(C)C)C3C=CC=CC3C1N2C.[CH3-].[CH3-].[CH3-].[Ti+4]. The number of allylic oxidation sites excluding steroid dienone is 3. The normalized spacial score (nSPS) is 25.2. The molecular formula is C32H45N2PTi. The molecule has 5 atom stereocenters. The number of rotatable bonds is 4. The van der Waals surface area contributed by atoms with E-state index in [0.29, 0.717) is 29.7 Å². The second-order valence-electron chi connectivity index (χ2n) is 10.6. The molecule has 2 aromatic carbocycles. The third kappa shape index (κ3) is 4.68.